The fourth-order valence-corrected chi connectivity index (χ4v) is 5.81. The lowest BCUT2D eigenvalue weighted by Crippen LogP contribution is -2.37. The molecule has 2 unspecified atom stereocenters. The number of ether oxygens (including phenoxy) is 2. The van der Waals surface area contributed by atoms with Crippen molar-refractivity contribution >= 4 is 13.8 Å². The van der Waals surface area contributed by atoms with Gasteiger partial charge < -0.3 is 18.9 Å². The molecular formula is C41H77NO7P+. The first-order chi connectivity index (χ1) is 24.1. The molecule has 0 bridgehead atoms. The molecule has 8 nitrogen and oxygen atoms in total. The number of phosphoric acid groups is 1. The van der Waals surface area contributed by atoms with Crippen LogP contribution < -0.4 is 0 Å². The molecule has 1 N–H and O–H groups in total. The third-order valence-corrected chi connectivity index (χ3v) is 9.14. The highest BCUT2D eigenvalue weighted by Gasteiger charge is 2.26. The minimum atomic E-state index is -4.26. The second kappa shape index (κ2) is 34.5. The first-order valence-corrected chi connectivity index (χ1v) is 21.4. The van der Waals surface area contributed by atoms with Crippen LogP contribution in [0.25, 0.3) is 0 Å². The Hall–Kier alpha value is -1.54. The maximum absolute atomic E-state index is 12.6. The van der Waals surface area contributed by atoms with Gasteiger partial charge in [-0.3, -0.25) is 13.8 Å². The number of hydrogen-bond donors (Lipinski definition) is 1. The second-order valence-electron chi connectivity index (χ2n) is 14.3. The number of carbonyl (C=O) groups is 1. The molecular weight excluding hydrogens is 649 g/mol. The summed E-state index contributed by atoms with van der Waals surface area (Å²) in [5, 5.41) is 0. The molecule has 0 amide bonds. The van der Waals surface area contributed by atoms with Crippen molar-refractivity contribution in [3.63, 3.8) is 0 Å². The van der Waals surface area contributed by atoms with Crippen LogP contribution in [0.2, 0.25) is 0 Å². The van der Waals surface area contributed by atoms with Gasteiger partial charge in [0.05, 0.1) is 34.4 Å². The number of rotatable bonds is 36. The molecule has 0 spiro atoms. The first kappa shape index (κ1) is 48.5. The van der Waals surface area contributed by atoms with Crippen LogP contribution in [-0.4, -0.2) is 75.6 Å². The van der Waals surface area contributed by atoms with E-state index in [2.05, 4.69) is 62.5 Å². The molecule has 2 atom stereocenters. The molecule has 0 heterocycles. The minimum Gasteiger partial charge on any atom is -0.457 e. The molecule has 0 aromatic rings. The Labute approximate surface area is 308 Å². The van der Waals surface area contributed by atoms with E-state index in [1.807, 2.05) is 21.1 Å². The van der Waals surface area contributed by atoms with E-state index in [-0.39, 0.29) is 25.8 Å². The normalized spacial score (nSPS) is 14.4. The highest BCUT2D eigenvalue weighted by Crippen LogP contribution is 2.43. The van der Waals surface area contributed by atoms with Crippen molar-refractivity contribution in [2.45, 2.75) is 155 Å². The lowest BCUT2D eigenvalue weighted by Gasteiger charge is -2.24. The van der Waals surface area contributed by atoms with Crippen LogP contribution >= 0.6 is 7.82 Å². The van der Waals surface area contributed by atoms with Gasteiger partial charge in [-0.2, -0.15) is 0 Å². The predicted molar refractivity (Wildman–Crippen MR) is 210 cm³/mol. The van der Waals surface area contributed by atoms with Crippen molar-refractivity contribution < 1.29 is 37.3 Å². The van der Waals surface area contributed by atoms with E-state index in [4.69, 9.17) is 18.5 Å². The van der Waals surface area contributed by atoms with Crippen LogP contribution in [0, 0.1) is 0 Å². The van der Waals surface area contributed by atoms with Gasteiger partial charge in [-0.1, -0.05) is 140 Å². The van der Waals surface area contributed by atoms with Crippen molar-refractivity contribution in [2.24, 2.45) is 0 Å². The van der Waals surface area contributed by atoms with Crippen LogP contribution in [0.1, 0.15) is 149 Å². The maximum Gasteiger partial charge on any atom is 0.472 e. The Balaban J connectivity index is 4.16. The molecule has 292 valence electrons. The highest BCUT2D eigenvalue weighted by atomic mass is 31.2. The van der Waals surface area contributed by atoms with Crippen LogP contribution in [0.15, 0.2) is 48.6 Å². The third-order valence-electron chi connectivity index (χ3n) is 8.15. The Morgan fingerprint density at radius 2 is 1.16 bits per heavy atom. The summed E-state index contributed by atoms with van der Waals surface area (Å²) in [5.41, 5.74) is 0. The molecule has 0 aromatic carbocycles. The molecule has 0 aliphatic carbocycles. The smallest absolute Gasteiger partial charge is 0.457 e. The average Bonchev–Trinajstić information content (AvgIpc) is 3.06. The number of unbranched alkanes of at least 4 members (excludes halogenated alkanes) is 14. The molecule has 0 aliphatic heterocycles. The molecule has 0 saturated carbocycles. The number of esters is 1. The van der Waals surface area contributed by atoms with E-state index >= 15 is 0 Å². The maximum atomic E-state index is 12.6. The minimum absolute atomic E-state index is 0.0858. The summed E-state index contributed by atoms with van der Waals surface area (Å²) < 4.78 is 34.7. The number of quaternary nitrogens is 1. The summed E-state index contributed by atoms with van der Waals surface area (Å²) in [4.78, 5) is 22.7. The predicted octanol–water partition coefficient (Wildman–Crippen LogP) is 11.2. The van der Waals surface area contributed by atoms with E-state index in [9.17, 15) is 14.3 Å². The van der Waals surface area contributed by atoms with E-state index in [0.29, 0.717) is 24.1 Å². The number of carbonyl (C=O) groups excluding carboxylic acids is 1. The molecule has 50 heavy (non-hydrogen) atoms. The van der Waals surface area contributed by atoms with Gasteiger partial charge in [0, 0.05) is 13.0 Å². The van der Waals surface area contributed by atoms with Gasteiger partial charge in [0.1, 0.15) is 19.3 Å². The number of likely N-dealkylation sites (N-methyl/N-ethyl adjacent to an activating group) is 1. The zero-order chi connectivity index (χ0) is 37.0. The standard InChI is InChI=1S/C41H76NO7P/c1-6-8-10-12-14-15-16-17-18-19-20-21-22-23-24-25-26-27-28-30-32-34-41(43)49-40(38-46-36-33-31-29-13-11-9-7-2)39-48-50(44,45)47-37-35-42(3,4)5/h8,10,14-15,17-18,20-21,40H,6-7,9,11-13,16,19,22-39H2,1-5H3/p+1/b10-8-,15-14-,18-17-,21-20-. The van der Waals surface area contributed by atoms with Gasteiger partial charge in [-0.15, -0.1) is 0 Å². The molecule has 0 aliphatic rings. The monoisotopic (exact) mass is 727 g/mol. The molecule has 0 saturated heterocycles. The van der Waals surface area contributed by atoms with Crippen LogP contribution in [0.4, 0.5) is 0 Å². The Kier molecular flexibility index (Phi) is 33.5. The molecule has 0 rings (SSSR count). The fraction of sp³-hybridized carbons (Fsp3) is 0.780. The molecule has 0 radical (unpaired) electrons. The molecule has 0 fully saturated rings. The van der Waals surface area contributed by atoms with E-state index < -0.39 is 13.9 Å². The fourth-order valence-electron chi connectivity index (χ4n) is 5.07. The van der Waals surface area contributed by atoms with Crippen molar-refractivity contribution in [3.05, 3.63) is 48.6 Å². The third kappa shape index (κ3) is 37.7. The Morgan fingerprint density at radius 3 is 1.74 bits per heavy atom. The summed E-state index contributed by atoms with van der Waals surface area (Å²) in [5.74, 6) is -0.326. The molecule has 9 heteroatoms. The van der Waals surface area contributed by atoms with Crippen molar-refractivity contribution in [1.82, 2.24) is 0 Å². The van der Waals surface area contributed by atoms with Crippen LogP contribution in [-0.2, 0) is 27.9 Å². The average molecular weight is 727 g/mol. The van der Waals surface area contributed by atoms with E-state index in [1.54, 1.807) is 0 Å². The van der Waals surface area contributed by atoms with Gasteiger partial charge >= 0.3 is 13.8 Å². The quantitative estimate of drug-likeness (QED) is 0.0226. The van der Waals surface area contributed by atoms with E-state index in [1.165, 1.54) is 64.2 Å². The van der Waals surface area contributed by atoms with Crippen molar-refractivity contribution in [2.75, 3.05) is 54.1 Å². The van der Waals surface area contributed by atoms with Crippen LogP contribution in [0.5, 0.6) is 0 Å². The zero-order valence-electron chi connectivity index (χ0n) is 32.9. The SMILES string of the molecule is CC/C=C\C/C=C\C/C=C\C/C=C\CCCCCCCCCCC(=O)OC(COCCCCCCCCC)COP(=O)(O)OCC[N+](C)(C)C. The second-order valence-corrected chi connectivity index (χ2v) is 15.7. The lowest BCUT2D eigenvalue weighted by molar-refractivity contribution is -0.870. The summed E-state index contributed by atoms with van der Waals surface area (Å²) in [7, 11) is 1.65. The number of nitrogens with zero attached hydrogens (tertiary/aromatic N) is 1. The number of hydrogen-bond acceptors (Lipinski definition) is 6. The summed E-state index contributed by atoms with van der Waals surface area (Å²) in [6.07, 6.45) is 40.1. The Morgan fingerprint density at radius 1 is 0.640 bits per heavy atom. The first-order valence-electron chi connectivity index (χ1n) is 19.9. The van der Waals surface area contributed by atoms with Gasteiger partial charge in [0.2, 0.25) is 0 Å². The number of phosphoric ester groups is 1. The largest absolute Gasteiger partial charge is 0.472 e. The number of allylic oxidation sites excluding steroid dienone is 8. The van der Waals surface area contributed by atoms with Gasteiger partial charge in [-0.05, 0) is 51.4 Å². The van der Waals surface area contributed by atoms with Crippen molar-refractivity contribution in [1.29, 1.82) is 0 Å². The van der Waals surface area contributed by atoms with Crippen LogP contribution in [0.3, 0.4) is 0 Å². The highest BCUT2D eigenvalue weighted by molar-refractivity contribution is 7.47. The molecule has 0 aromatic heterocycles. The Bertz CT molecular complexity index is 942. The summed E-state index contributed by atoms with van der Waals surface area (Å²) in [6, 6.07) is 0. The van der Waals surface area contributed by atoms with Gasteiger partial charge in [0.25, 0.3) is 0 Å². The lowest BCUT2D eigenvalue weighted by atomic mass is 10.1. The van der Waals surface area contributed by atoms with Gasteiger partial charge in [0.15, 0.2) is 0 Å². The summed E-state index contributed by atoms with van der Waals surface area (Å²) >= 11 is 0. The van der Waals surface area contributed by atoms with E-state index in [0.717, 1.165) is 64.2 Å². The topological polar surface area (TPSA) is 91.3 Å². The van der Waals surface area contributed by atoms with Gasteiger partial charge in [-0.25, -0.2) is 4.57 Å². The summed E-state index contributed by atoms with van der Waals surface area (Å²) in [6.45, 7) is 5.45. The van der Waals surface area contributed by atoms with Crippen molar-refractivity contribution in [3.8, 4) is 0 Å². The zero-order valence-corrected chi connectivity index (χ0v) is 33.8.